The van der Waals surface area contributed by atoms with Crippen LogP contribution in [0.5, 0.6) is 0 Å². The van der Waals surface area contributed by atoms with Gasteiger partial charge in [-0.1, -0.05) is 30.3 Å². The minimum Gasteiger partial charge on any atom is -0.394 e. The second kappa shape index (κ2) is 6.04. The van der Waals surface area contributed by atoms with Crippen LogP contribution in [0.3, 0.4) is 0 Å². The summed E-state index contributed by atoms with van der Waals surface area (Å²) in [5.74, 6) is 0. The summed E-state index contributed by atoms with van der Waals surface area (Å²) in [6, 6.07) is 7.51. The molecule has 0 aliphatic carbocycles. The maximum Gasteiger partial charge on any atom is 0.325 e. The third-order valence-corrected chi connectivity index (χ3v) is 4.23. The largest absolute Gasteiger partial charge is 0.394 e. The first-order chi connectivity index (χ1) is 9.94. The zero-order valence-corrected chi connectivity index (χ0v) is 11.6. The molecule has 1 heterocycles. The van der Waals surface area contributed by atoms with Crippen molar-refractivity contribution in [2.75, 3.05) is 6.61 Å². The highest BCUT2D eigenvalue weighted by atomic mass is 32.2. The van der Waals surface area contributed by atoms with E-state index in [1.54, 1.807) is 30.3 Å². The molecule has 0 saturated heterocycles. The normalized spacial score (nSPS) is 13.0. The molecule has 8 nitrogen and oxygen atoms in total. The molecule has 0 spiro atoms. The Hall–Kier alpha value is -2.23. The van der Waals surface area contributed by atoms with Crippen molar-refractivity contribution in [3.8, 4) is 0 Å². The first-order valence-corrected chi connectivity index (χ1v) is 7.42. The molecule has 21 heavy (non-hydrogen) atoms. The molecule has 0 fully saturated rings. The summed E-state index contributed by atoms with van der Waals surface area (Å²) in [6.07, 6.45) is 0.808. The monoisotopic (exact) mass is 311 g/mol. The van der Waals surface area contributed by atoms with Gasteiger partial charge in [0.25, 0.3) is 5.56 Å². The van der Waals surface area contributed by atoms with Gasteiger partial charge in [0.1, 0.15) is 0 Å². The third-order valence-electron chi connectivity index (χ3n) is 2.76. The second-order valence-electron chi connectivity index (χ2n) is 4.20. The molecule has 2 aromatic rings. The van der Waals surface area contributed by atoms with Crippen molar-refractivity contribution in [2.24, 2.45) is 0 Å². The van der Waals surface area contributed by atoms with Gasteiger partial charge in [-0.2, -0.15) is 0 Å². The lowest BCUT2D eigenvalue weighted by Crippen LogP contribution is -2.36. The molecule has 0 aliphatic heterocycles. The molecule has 1 aromatic carbocycles. The van der Waals surface area contributed by atoms with E-state index in [0.717, 1.165) is 6.20 Å². The van der Waals surface area contributed by atoms with E-state index in [1.165, 1.54) is 0 Å². The van der Waals surface area contributed by atoms with Crippen LogP contribution in [0.1, 0.15) is 11.6 Å². The Balaban J connectivity index is 2.36. The molecule has 2 rings (SSSR count). The minimum absolute atomic E-state index is 0.482. The highest BCUT2D eigenvalue weighted by Gasteiger charge is 2.23. The molecule has 0 radical (unpaired) electrons. The standard InChI is InChI=1S/C12H13N3O5S/c16-7-9(8-4-2-1-3-5-8)15-21(19,20)10-6-13-12(18)14-11(10)17/h1-6,9,15-16H,7H2,(H2,13,14,17,18)/t9-/m1/s1. The smallest absolute Gasteiger partial charge is 0.325 e. The fourth-order valence-electron chi connectivity index (χ4n) is 1.74. The molecular weight excluding hydrogens is 298 g/mol. The summed E-state index contributed by atoms with van der Waals surface area (Å²) in [5.41, 5.74) is -1.29. The Kier molecular flexibility index (Phi) is 4.36. The van der Waals surface area contributed by atoms with Crippen molar-refractivity contribution in [2.45, 2.75) is 10.9 Å². The van der Waals surface area contributed by atoms with Gasteiger partial charge in [-0.25, -0.2) is 17.9 Å². The lowest BCUT2D eigenvalue weighted by atomic mass is 10.1. The number of sulfonamides is 1. The lowest BCUT2D eigenvalue weighted by Gasteiger charge is -2.16. The predicted octanol–water partition coefficient (Wildman–Crippen LogP) is -0.925. The van der Waals surface area contributed by atoms with Gasteiger partial charge < -0.3 is 10.1 Å². The highest BCUT2D eigenvalue weighted by Crippen LogP contribution is 2.14. The molecule has 0 saturated carbocycles. The number of aliphatic hydroxyl groups excluding tert-OH is 1. The Morgan fingerprint density at radius 2 is 1.86 bits per heavy atom. The van der Waals surface area contributed by atoms with Crippen LogP contribution in [0.15, 0.2) is 51.0 Å². The van der Waals surface area contributed by atoms with Crippen LogP contribution in [0.25, 0.3) is 0 Å². The molecule has 0 bridgehead atoms. The van der Waals surface area contributed by atoms with Crippen LogP contribution in [0, 0.1) is 0 Å². The number of nitrogens with one attached hydrogen (secondary N) is 3. The van der Waals surface area contributed by atoms with Gasteiger partial charge in [0, 0.05) is 6.20 Å². The molecule has 0 aliphatic rings. The zero-order chi connectivity index (χ0) is 15.5. The Bertz CT molecular complexity index is 826. The van der Waals surface area contributed by atoms with Crippen LogP contribution in [-0.2, 0) is 10.0 Å². The summed E-state index contributed by atoms with van der Waals surface area (Å²) in [6.45, 7) is -0.482. The van der Waals surface area contributed by atoms with Crippen molar-refractivity contribution >= 4 is 10.0 Å². The predicted molar refractivity (Wildman–Crippen MR) is 74.3 cm³/mol. The highest BCUT2D eigenvalue weighted by molar-refractivity contribution is 7.89. The van der Waals surface area contributed by atoms with E-state index in [1.807, 2.05) is 4.98 Å². The Morgan fingerprint density at radius 1 is 1.19 bits per heavy atom. The maximum absolute atomic E-state index is 12.1. The second-order valence-corrected chi connectivity index (χ2v) is 5.89. The van der Waals surface area contributed by atoms with E-state index in [9.17, 15) is 23.1 Å². The average molecular weight is 311 g/mol. The number of H-pyrrole nitrogens is 2. The number of hydrogen-bond donors (Lipinski definition) is 4. The van der Waals surface area contributed by atoms with E-state index in [4.69, 9.17) is 0 Å². The molecule has 1 atom stereocenters. The van der Waals surface area contributed by atoms with Crippen molar-refractivity contribution in [3.63, 3.8) is 0 Å². The molecule has 1 aromatic heterocycles. The number of hydrogen-bond acceptors (Lipinski definition) is 5. The molecular formula is C12H13N3O5S. The van der Waals surface area contributed by atoms with E-state index in [2.05, 4.69) is 9.71 Å². The van der Waals surface area contributed by atoms with E-state index in [-0.39, 0.29) is 0 Å². The van der Waals surface area contributed by atoms with Crippen molar-refractivity contribution in [1.29, 1.82) is 0 Å². The first kappa shape index (κ1) is 15.2. The average Bonchev–Trinajstić information content (AvgIpc) is 2.45. The summed E-state index contributed by atoms with van der Waals surface area (Å²) < 4.78 is 26.5. The third kappa shape index (κ3) is 3.45. The molecule has 4 N–H and O–H groups in total. The van der Waals surface area contributed by atoms with E-state index >= 15 is 0 Å². The van der Waals surface area contributed by atoms with Crippen LogP contribution in [-0.4, -0.2) is 30.1 Å². The van der Waals surface area contributed by atoms with Crippen LogP contribution >= 0.6 is 0 Å². The molecule has 0 amide bonds. The quantitative estimate of drug-likeness (QED) is 0.566. The van der Waals surface area contributed by atoms with Gasteiger partial charge in [0.05, 0.1) is 12.6 Å². The molecule has 0 unspecified atom stereocenters. The Morgan fingerprint density at radius 3 is 2.43 bits per heavy atom. The van der Waals surface area contributed by atoms with Gasteiger partial charge >= 0.3 is 5.69 Å². The van der Waals surface area contributed by atoms with E-state index in [0.29, 0.717) is 5.56 Å². The fraction of sp³-hybridized carbons (Fsp3) is 0.167. The van der Waals surface area contributed by atoms with Crippen molar-refractivity contribution < 1.29 is 13.5 Å². The maximum atomic E-state index is 12.1. The van der Waals surface area contributed by atoms with Crippen LogP contribution in [0.4, 0.5) is 0 Å². The summed E-state index contributed by atoms with van der Waals surface area (Å²) in [7, 11) is -4.19. The molecule has 112 valence electrons. The molecule has 9 heteroatoms. The van der Waals surface area contributed by atoms with Gasteiger partial charge in [0.15, 0.2) is 4.90 Å². The van der Waals surface area contributed by atoms with Gasteiger partial charge in [-0.15, -0.1) is 0 Å². The topological polar surface area (TPSA) is 132 Å². The SMILES string of the molecule is O=c1[nH]cc(S(=O)(=O)N[C@H](CO)c2ccccc2)c(=O)[nH]1. The van der Waals surface area contributed by atoms with Crippen LogP contribution < -0.4 is 16.0 Å². The zero-order valence-electron chi connectivity index (χ0n) is 10.7. The Labute approximate surface area is 119 Å². The number of benzene rings is 1. The minimum atomic E-state index is -4.19. The number of aromatic amines is 2. The van der Waals surface area contributed by atoms with Gasteiger partial charge in [-0.05, 0) is 5.56 Å². The number of aromatic nitrogens is 2. The van der Waals surface area contributed by atoms with Crippen molar-refractivity contribution in [1.82, 2.24) is 14.7 Å². The fourth-order valence-corrected chi connectivity index (χ4v) is 2.97. The van der Waals surface area contributed by atoms with Crippen LogP contribution in [0.2, 0.25) is 0 Å². The number of aliphatic hydroxyl groups is 1. The summed E-state index contributed by atoms with van der Waals surface area (Å²) in [5, 5.41) is 9.33. The summed E-state index contributed by atoms with van der Waals surface area (Å²) in [4.78, 5) is 25.7. The van der Waals surface area contributed by atoms with E-state index < -0.39 is 38.8 Å². The van der Waals surface area contributed by atoms with Gasteiger partial charge in [0.2, 0.25) is 10.0 Å². The first-order valence-electron chi connectivity index (χ1n) is 5.94. The van der Waals surface area contributed by atoms with Crippen molar-refractivity contribution in [3.05, 3.63) is 62.9 Å². The number of rotatable bonds is 5. The summed E-state index contributed by atoms with van der Waals surface area (Å²) >= 11 is 0. The van der Waals surface area contributed by atoms with Gasteiger partial charge in [-0.3, -0.25) is 9.78 Å². The lowest BCUT2D eigenvalue weighted by molar-refractivity contribution is 0.259.